The monoisotopic (exact) mass is 1020 g/mol. The van der Waals surface area contributed by atoms with Crippen LogP contribution in [0.3, 0.4) is 0 Å². The number of phosphoric ester groups is 1. The number of unbranched alkanes of at least 4 members (excludes halogenated alkanes) is 7. The lowest BCUT2D eigenvalue weighted by Crippen LogP contribution is -2.37. The number of nitrogens with zero attached hydrogens (tertiary/aromatic N) is 1. The molecule has 0 aromatic carbocycles. The van der Waals surface area contributed by atoms with E-state index < -0.39 is 32.5 Å². The summed E-state index contributed by atoms with van der Waals surface area (Å²) in [6.45, 7) is 3.89. The molecule has 0 aliphatic heterocycles. The van der Waals surface area contributed by atoms with E-state index in [1.54, 1.807) is 0 Å². The minimum Gasteiger partial charge on any atom is -0.756 e. The summed E-state index contributed by atoms with van der Waals surface area (Å²) in [5.74, 6) is -0.922. The van der Waals surface area contributed by atoms with Crippen molar-refractivity contribution in [3.05, 3.63) is 158 Å². The second-order valence-corrected chi connectivity index (χ2v) is 19.9. The standard InChI is InChI=1S/C62H98NO8P/c1-6-8-10-12-14-16-18-20-22-23-24-25-26-27-28-29-30-31-32-33-34-35-36-37-38-39-41-43-45-47-49-51-53-55-62(65)71-60(59-70-72(66,67)69-57-56-63(3,4)5)58-68-61(64)54-52-50-48-46-44-42-40-21-19-17-15-13-11-9-7-2/h8-11,14-17,20-22,24-25,27-28,30-31,33-34,36-37,39-41,44,46,60H,6-7,12-13,18-19,23,26,29,32,35,38,42-43,45,47-59H2,1-5H3/b10-8-,11-9-,16-14-,17-15-,22-20-,25-24-,28-27-,31-30-,34-33-,37-36-,40-21-,41-39-,46-44-. The molecule has 0 heterocycles. The lowest BCUT2D eigenvalue weighted by molar-refractivity contribution is -0.870. The van der Waals surface area contributed by atoms with Crippen LogP contribution in [0.4, 0.5) is 0 Å². The molecule has 0 fully saturated rings. The van der Waals surface area contributed by atoms with Crippen molar-refractivity contribution in [2.24, 2.45) is 0 Å². The van der Waals surface area contributed by atoms with Crippen LogP contribution in [0.1, 0.15) is 168 Å². The molecule has 2 unspecified atom stereocenters. The lowest BCUT2D eigenvalue weighted by atomic mass is 10.1. The van der Waals surface area contributed by atoms with Gasteiger partial charge in [-0.25, -0.2) is 0 Å². The second kappa shape index (κ2) is 51.5. The first-order valence-corrected chi connectivity index (χ1v) is 28.7. The van der Waals surface area contributed by atoms with Gasteiger partial charge in [0, 0.05) is 12.8 Å². The number of hydrogen-bond donors (Lipinski definition) is 0. The number of carbonyl (C=O) groups excluding carboxylic acids is 2. The molecule has 0 aromatic rings. The quantitative estimate of drug-likeness (QED) is 0.0195. The molecule has 0 spiro atoms. The van der Waals surface area contributed by atoms with E-state index in [0.717, 1.165) is 128 Å². The van der Waals surface area contributed by atoms with Crippen molar-refractivity contribution >= 4 is 19.8 Å². The zero-order valence-electron chi connectivity index (χ0n) is 45.5. The van der Waals surface area contributed by atoms with Gasteiger partial charge in [-0.15, -0.1) is 0 Å². The van der Waals surface area contributed by atoms with Gasteiger partial charge in [0.1, 0.15) is 19.8 Å². The van der Waals surface area contributed by atoms with E-state index in [1.165, 1.54) is 0 Å². The number of likely N-dealkylation sites (N-methyl/N-ethyl adjacent to an activating group) is 1. The Balaban J connectivity index is 4.31. The van der Waals surface area contributed by atoms with Crippen molar-refractivity contribution in [2.45, 2.75) is 174 Å². The number of quaternary nitrogens is 1. The summed E-state index contributed by atoms with van der Waals surface area (Å²) >= 11 is 0. The van der Waals surface area contributed by atoms with Gasteiger partial charge in [0.05, 0.1) is 27.7 Å². The average Bonchev–Trinajstić information content (AvgIpc) is 3.34. The average molecular weight is 1020 g/mol. The van der Waals surface area contributed by atoms with Crippen LogP contribution in [0.25, 0.3) is 0 Å². The highest BCUT2D eigenvalue weighted by Crippen LogP contribution is 2.38. The maximum absolute atomic E-state index is 12.8. The zero-order chi connectivity index (χ0) is 52.7. The Bertz CT molecular complexity index is 1770. The Morgan fingerprint density at radius 2 is 0.750 bits per heavy atom. The number of rotatable bonds is 47. The van der Waals surface area contributed by atoms with E-state index in [9.17, 15) is 19.0 Å². The molecule has 0 aliphatic rings. The Morgan fingerprint density at radius 3 is 1.14 bits per heavy atom. The molecule has 0 saturated carbocycles. The summed E-state index contributed by atoms with van der Waals surface area (Å²) in [6, 6.07) is 0. The molecule has 0 bridgehead atoms. The lowest BCUT2D eigenvalue weighted by Gasteiger charge is -2.28. The highest BCUT2D eigenvalue weighted by atomic mass is 31.2. The van der Waals surface area contributed by atoms with Gasteiger partial charge in [-0.2, -0.15) is 0 Å². The molecule has 0 saturated heterocycles. The molecule has 0 N–H and O–H groups in total. The first-order chi connectivity index (χ1) is 35.0. The number of carbonyl (C=O) groups is 2. The van der Waals surface area contributed by atoms with Gasteiger partial charge in [0.15, 0.2) is 6.10 Å². The second-order valence-electron chi connectivity index (χ2n) is 18.5. The van der Waals surface area contributed by atoms with E-state index in [4.69, 9.17) is 18.5 Å². The normalized spacial score (nSPS) is 14.6. The summed E-state index contributed by atoms with van der Waals surface area (Å²) < 4.78 is 34.0. The predicted octanol–water partition coefficient (Wildman–Crippen LogP) is 16.3. The molecule has 2 atom stereocenters. The minimum atomic E-state index is -4.66. The SMILES string of the molecule is CC/C=C\C/C=C\C/C=C\C/C=C\C/C=C\C/C=C\C/C=C\C/C=C\C/C=C\CCCCCCCC(=O)OC(COC(=O)CCCC/C=C\C/C=C\C/C=C\C/C=C\CC)COP(=O)([O-])OCC[N+](C)(C)C. The van der Waals surface area contributed by atoms with Gasteiger partial charge in [0.25, 0.3) is 7.82 Å². The van der Waals surface area contributed by atoms with E-state index in [0.29, 0.717) is 23.9 Å². The van der Waals surface area contributed by atoms with Crippen LogP contribution in [0.2, 0.25) is 0 Å². The van der Waals surface area contributed by atoms with Crippen molar-refractivity contribution in [1.82, 2.24) is 0 Å². The first-order valence-electron chi connectivity index (χ1n) is 27.2. The van der Waals surface area contributed by atoms with Crippen molar-refractivity contribution in [3.8, 4) is 0 Å². The molecule has 0 radical (unpaired) electrons. The molecule has 0 aromatic heterocycles. The molecule has 0 rings (SSSR count). The van der Waals surface area contributed by atoms with E-state index in [2.05, 4.69) is 172 Å². The number of esters is 2. The van der Waals surface area contributed by atoms with Gasteiger partial charge < -0.3 is 27.9 Å². The van der Waals surface area contributed by atoms with Gasteiger partial charge in [-0.1, -0.05) is 191 Å². The molecule has 0 aliphatic carbocycles. The first kappa shape index (κ1) is 67.6. The Morgan fingerprint density at radius 1 is 0.431 bits per heavy atom. The predicted molar refractivity (Wildman–Crippen MR) is 304 cm³/mol. The number of allylic oxidation sites excluding steroid dienone is 26. The van der Waals surface area contributed by atoms with Crippen molar-refractivity contribution in [1.29, 1.82) is 0 Å². The van der Waals surface area contributed by atoms with Crippen LogP contribution in [0, 0.1) is 0 Å². The molecule has 9 nitrogen and oxygen atoms in total. The van der Waals surface area contributed by atoms with Gasteiger partial charge >= 0.3 is 11.9 Å². The summed E-state index contributed by atoms with van der Waals surface area (Å²) in [5.41, 5.74) is 0. The molecule has 404 valence electrons. The highest BCUT2D eigenvalue weighted by molar-refractivity contribution is 7.45. The van der Waals surface area contributed by atoms with Crippen molar-refractivity contribution in [3.63, 3.8) is 0 Å². The van der Waals surface area contributed by atoms with Gasteiger partial charge in [-0.05, 0) is 122 Å². The summed E-state index contributed by atoms with van der Waals surface area (Å²) in [5, 5.41) is 0. The van der Waals surface area contributed by atoms with E-state index in [-0.39, 0.29) is 26.1 Å². The third kappa shape index (κ3) is 55.0. The van der Waals surface area contributed by atoms with Crippen LogP contribution in [0.5, 0.6) is 0 Å². The Labute approximate surface area is 439 Å². The maximum atomic E-state index is 12.8. The number of phosphoric acid groups is 1. The van der Waals surface area contributed by atoms with Crippen molar-refractivity contribution in [2.75, 3.05) is 47.5 Å². The fourth-order valence-corrected chi connectivity index (χ4v) is 7.13. The molecule has 10 heteroatoms. The van der Waals surface area contributed by atoms with Crippen LogP contribution >= 0.6 is 7.82 Å². The van der Waals surface area contributed by atoms with Crippen LogP contribution in [0.15, 0.2) is 158 Å². The molecule has 72 heavy (non-hydrogen) atoms. The summed E-state index contributed by atoms with van der Waals surface area (Å²) in [4.78, 5) is 37.7. The Kier molecular flexibility index (Phi) is 48.4. The van der Waals surface area contributed by atoms with E-state index in [1.807, 2.05) is 21.1 Å². The smallest absolute Gasteiger partial charge is 0.306 e. The topological polar surface area (TPSA) is 111 Å². The van der Waals surface area contributed by atoms with Crippen LogP contribution < -0.4 is 4.89 Å². The van der Waals surface area contributed by atoms with Gasteiger partial charge in [0.2, 0.25) is 0 Å². The molecule has 0 amide bonds. The largest absolute Gasteiger partial charge is 0.756 e. The van der Waals surface area contributed by atoms with Crippen molar-refractivity contribution < 1.29 is 42.1 Å². The molecular weight excluding hydrogens is 918 g/mol. The number of hydrogen-bond acceptors (Lipinski definition) is 8. The van der Waals surface area contributed by atoms with Gasteiger partial charge in [-0.3, -0.25) is 14.2 Å². The molecular formula is C62H98NO8P. The third-order valence-electron chi connectivity index (χ3n) is 10.5. The summed E-state index contributed by atoms with van der Waals surface area (Å²) in [6.07, 6.45) is 77.2. The maximum Gasteiger partial charge on any atom is 0.306 e. The minimum absolute atomic E-state index is 0.0516. The highest BCUT2D eigenvalue weighted by Gasteiger charge is 2.21. The van der Waals surface area contributed by atoms with Crippen LogP contribution in [-0.4, -0.2) is 70.0 Å². The summed E-state index contributed by atoms with van der Waals surface area (Å²) in [7, 11) is 1.10. The number of ether oxygens (including phenoxy) is 2. The van der Waals surface area contributed by atoms with Crippen LogP contribution in [-0.2, 0) is 32.7 Å². The zero-order valence-corrected chi connectivity index (χ0v) is 46.4. The third-order valence-corrected chi connectivity index (χ3v) is 11.5. The fraction of sp³-hybridized carbons (Fsp3) is 0.548. The Hall–Kier alpha value is -4.37. The fourth-order valence-electron chi connectivity index (χ4n) is 6.40. The van der Waals surface area contributed by atoms with E-state index >= 15 is 0 Å².